The highest BCUT2D eigenvalue weighted by Gasteiger charge is 2.06. The van der Waals surface area contributed by atoms with Gasteiger partial charge in [-0.05, 0) is 36.8 Å². The van der Waals surface area contributed by atoms with E-state index in [9.17, 15) is 4.79 Å². The topological polar surface area (TPSA) is 41.1 Å². The normalized spacial score (nSPS) is 12.1. The number of hydrogen-bond donors (Lipinski definition) is 2. The summed E-state index contributed by atoms with van der Waals surface area (Å²) >= 11 is 7.51. The first-order valence-electron chi connectivity index (χ1n) is 6.96. The Morgan fingerprint density at radius 2 is 1.95 bits per heavy atom. The fraction of sp³-hybridized carbons (Fsp3) is 0.312. The number of nitrogens with one attached hydrogen (secondary N) is 2. The lowest BCUT2D eigenvalue weighted by Gasteiger charge is -2.14. The molecule has 1 unspecified atom stereocenters. The monoisotopic (exact) mass is 322 g/mol. The Morgan fingerprint density at radius 1 is 1.24 bits per heavy atom. The minimum atomic E-state index is 0.0310. The van der Waals surface area contributed by atoms with Gasteiger partial charge in [-0.25, -0.2) is 0 Å². The van der Waals surface area contributed by atoms with Gasteiger partial charge in [-0.1, -0.05) is 30.7 Å². The van der Waals surface area contributed by atoms with Crippen molar-refractivity contribution in [2.45, 2.75) is 32.9 Å². The van der Waals surface area contributed by atoms with Gasteiger partial charge in [0.15, 0.2) is 0 Å². The van der Waals surface area contributed by atoms with Gasteiger partial charge in [-0.2, -0.15) is 0 Å². The fourth-order valence-electron chi connectivity index (χ4n) is 1.92. The van der Waals surface area contributed by atoms with E-state index in [0.717, 1.165) is 16.6 Å². The summed E-state index contributed by atoms with van der Waals surface area (Å²) in [4.78, 5) is 12.5. The summed E-state index contributed by atoms with van der Waals surface area (Å²) in [7, 11) is 0. The number of anilines is 1. The zero-order valence-corrected chi connectivity index (χ0v) is 13.7. The Kier molecular flexibility index (Phi) is 5.79. The van der Waals surface area contributed by atoms with E-state index >= 15 is 0 Å². The summed E-state index contributed by atoms with van der Waals surface area (Å²) in [5.41, 5.74) is 2.02. The molecule has 0 radical (unpaired) electrons. The van der Waals surface area contributed by atoms with Crippen molar-refractivity contribution in [3.05, 3.63) is 51.2 Å². The van der Waals surface area contributed by atoms with Crippen LogP contribution in [0.5, 0.6) is 0 Å². The van der Waals surface area contributed by atoms with Crippen molar-refractivity contribution in [2.24, 2.45) is 0 Å². The smallest absolute Gasteiger partial charge is 0.224 e. The Hall–Kier alpha value is -1.36. The number of hydrogen-bond acceptors (Lipinski definition) is 3. The van der Waals surface area contributed by atoms with Crippen molar-refractivity contribution >= 4 is 34.5 Å². The van der Waals surface area contributed by atoms with Gasteiger partial charge in [-0.3, -0.25) is 4.79 Å². The van der Waals surface area contributed by atoms with Crippen molar-refractivity contribution in [3.63, 3.8) is 0 Å². The Labute approximate surface area is 134 Å². The number of rotatable bonds is 6. The van der Waals surface area contributed by atoms with Crippen molar-refractivity contribution < 1.29 is 4.79 Å². The molecule has 0 fully saturated rings. The van der Waals surface area contributed by atoms with Gasteiger partial charge in [0.2, 0.25) is 5.91 Å². The molecule has 2 aromatic rings. The summed E-state index contributed by atoms with van der Waals surface area (Å²) in [6, 6.07) is 12.1. The van der Waals surface area contributed by atoms with Gasteiger partial charge in [0.25, 0.3) is 0 Å². The van der Waals surface area contributed by atoms with E-state index in [1.54, 1.807) is 11.3 Å². The first-order chi connectivity index (χ1) is 10.1. The molecule has 3 nitrogen and oxygen atoms in total. The molecule has 1 amide bonds. The highest BCUT2D eigenvalue weighted by molar-refractivity contribution is 7.16. The van der Waals surface area contributed by atoms with Gasteiger partial charge >= 0.3 is 0 Å². The number of carbonyl (C=O) groups excluding carboxylic acids is 1. The lowest BCUT2D eigenvalue weighted by atomic mass is 10.1. The predicted molar refractivity (Wildman–Crippen MR) is 89.9 cm³/mol. The molecule has 0 saturated carbocycles. The number of amides is 1. The SMILES string of the molecule is CCC(=O)Nc1ccc(C(C)NCc2ccc(Cl)s2)cc1. The molecule has 112 valence electrons. The molecule has 0 saturated heterocycles. The Morgan fingerprint density at radius 3 is 2.52 bits per heavy atom. The van der Waals surface area contributed by atoms with E-state index in [0.29, 0.717) is 6.42 Å². The summed E-state index contributed by atoms with van der Waals surface area (Å²) in [6.45, 7) is 4.76. The summed E-state index contributed by atoms with van der Waals surface area (Å²) in [5.74, 6) is 0.0310. The Bertz CT molecular complexity index is 595. The second kappa shape index (κ2) is 7.59. The number of carbonyl (C=O) groups is 1. The zero-order valence-electron chi connectivity index (χ0n) is 12.2. The van der Waals surface area contributed by atoms with Gasteiger partial charge in [0.1, 0.15) is 0 Å². The molecule has 21 heavy (non-hydrogen) atoms. The highest BCUT2D eigenvalue weighted by Crippen LogP contribution is 2.22. The summed E-state index contributed by atoms with van der Waals surface area (Å²) in [5, 5.41) is 6.31. The van der Waals surface area contributed by atoms with E-state index in [2.05, 4.69) is 17.6 Å². The molecule has 1 heterocycles. The van der Waals surface area contributed by atoms with Crippen LogP contribution in [0.3, 0.4) is 0 Å². The third-order valence-corrected chi connectivity index (χ3v) is 4.46. The van der Waals surface area contributed by atoms with E-state index in [4.69, 9.17) is 11.6 Å². The lowest BCUT2D eigenvalue weighted by molar-refractivity contribution is -0.115. The molecular weight excluding hydrogens is 304 g/mol. The van der Waals surface area contributed by atoms with Crippen molar-refractivity contribution in [1.29, 1.82) is 0 Å². The average Bonchev–Trinajstić information content (AvgIpc) is 2.91. The maximum atomic E-state index is 11.3. The molecule has 0 spiro atoms. The molecule has 2 rings (SSSR count). The average molecular weight is 323 g/mol. The van der Waals surface area contributed by atoms with Crippen LogP contribution in [-0.2, 0) is 11.3 Å². The second-order valence-electron chi connectivity index (χ2n) is 4.83. The molecule has 0 aliphatic rings. The van der Waals surface area contributed by atoms with Gasteiger partial charge in [0.05, 0.1) is 4.34 Å². The quantitative estimate of drug-likeness (QED) is 0.816. The maximum absolute atomic E-state index is 11.3. The van der Waals surface area contributed by atoms with Crippen LogP contribution in [-0.4, -0.2) is 5.91 Å². The molecule has 0 aliphatic heterocycles. The van der Waals surface area contributed by atoms with Crippen LogP contribution < -0.4 is 10.6 Å². The second-order valence-corrected chi connectivity index (χ2v) is 6.63. The van der Waals surface area contributed by atoms with Gasteiger partial charge < -0.3 is 10.6 Å². The van der Waals surface area contributed by atoms with Crippen LogP contribution in [0.25, 0.3) is 0 Å². The summed E-state index contributed by atoms with van der Waals surface area (Å²) < 4.78 is 0.815. The van der Waals surface area contributed by atoms with Crippen LogP contribution in [0, 0.1) is 0 Å². The molecule has 5 heteroatoms. The highest BCUT2D eigenvalue weighted by atomic mass is 35.5. The minimum Gasteiger partial charge on any atom is -0.326 e. The van der Waals surface area contributed by atoms with Crippen LogP contribution in [0.4, 0.5) is 5.69 Å². The van der Waals surface area contributed by atoms with Crippen LogP contribution in [0.15, 0.2) is 36.4 Å². The van der Waals surface area contributed by atoms with E-state index in [1.165, 1.54) is 10.4 Å². The molecule has 0 aliphatic carbocycles. The van der Waals surface area contributed by atoms with Gasteiger partial charge in [0, 0.05) is 29.6 Å². The first kappa shape index (κ1) is 16.0. The Balaban J connectivity index is 1.90. The molecular formula is C16H19ClN2OS. The number of halogens is 1. The van der Waals surface area contributed by atoms with E-state index in [1.807, 2.05) is 43.3 Å². The fourth-order valence-corrected chi connectivity index (χ4v) is 2.96. The summed E-state index contributed by atoms with van der Waals surface area (Å²) in [6.07, 6.45) is 0.489. The van der Waals surface area contributed by atoms with Crippen LogP contribution in [0.2, 0.25) is 4.34 Å². The van der Waals surface area contributed by atoms with Crippen molar-refractivity contribution in [2.75, 3.05) is 5.32 Å². The molecule has 0 bridgehead atoms. The largest absolute Gasteiger partial charge is 0.326 e. The van der Waals surface area contributed by atoms with E-state index in [-0.39, 0.29) is 11.9 Å². The third-order valence-electron chi connectivity index (χ3n) is 3.23. The first-order valence-corrected chi connectivity index (χ1v) is 8.15. The standard InChI is InChI=1S/C16H19ClN2OS/c1-3-16(20)19-13-6-4-12(5-7-13)11(2)18-10-14-8-9-15(17)21-14/h4-9,11,18H,3,10H2,1-2H3,(H,19,20). The maximum Gasteiger partial charge on any atom is 0.224 e. The molecule has 1 atom stereocenters. The zero-order chi connectivity index (χ0) is 15.2. The number of benzene rings is 1. The predicted octanol–water partition coefficient (Wildman–Crippen LogP) is 4.60. The minimum absolute atomic E-state index is 0.0310. The van der Waals surface area contributed by atoms with E-state index < -0.39 is 0 Å². The third kappa shape index (κ3) is 4.84. The molecule has 2 N–H and O–H groups in total. The lowest BCUT2D eigenvalue weighted by Crippen LogP contribution is -2.17. The van der Waals surface area contributed by atoms with Gasteiger partial charge in [-0.15, -0.1) is 11.3 Å². The van der Waals surface area contributed by atoms with Crippen molar-refractivity contribution in [3.8, 4) is 0 Å². The van der Waals surface area contributed by atoms with Crippen molar-refractivity contribution in [1.82, 2.24) is 5.32 Å². The number of thiophene rings is 1. The van der Waals surface area contributed by atoms with Crippen LogP contribution >= 0.6 is 22.9 Å². The molecule has 1 aromatic heterocycles. The molecule has 1 aromatic carbocycles. The van der Waals surface area contributed by atoms with Crippen LogP contribution in [0.1, 0.15) is 36.8 Å².